The van der Waals surface area contributed by atoms with Gasteiger partial charge in [0, 0.05) is 41.7 Å². The second-order valence-electron chi connectivity index (χ2n) is 6.41. The van der Waals surface area contributed by atoms with E-state index in [4.69, 9.17) is 21.5 Å². The summed E-state index contributed by atoms with van der Waals surface area (Å²) < 4.78 is 45.7. The molecule has 0 fully saturated rings. The van der Waals surface area contributed by atoms with Crippen molar-refractivity contribution in [3.05, 3.63) is 64.7 Å². The molecule has 0 saturated heterocycles. The van der Waals surface area contributed by atoms with Gasteiger partial charge in [0.25, 0.3) is 5.91 Å². The number of aliphatic carboxylic acids is 1. The minimum atomic E-state index is -5.08. The lowest BCUT2D eigenvalue weighted by molar-refractivity contribution is -0.192. The number of amides is 1. The summed E-state index contributed by atoms with van der Waals surface area (Å²) in [4.78, 5) is 28.3. The Bertz CT molecular complexity index is 1140. The van der Waals surface area contributed by atoms with Gasteiger partial charge in [-0.1, -0.05) is 23.7 Å². The molecule has 4 rings (SSSR count). The Morgan fingerprint density at radius 2 is 1.81 bits per heavy atom. The molecule has 31 heavy (non-hydrogen) atoms. The average molecular weight is 456 g/mol. The van der Waals surface area contributed by atoms with Gasteiger partial charge < -0.3 is 15.4 Å². The summed E-state index contributed by atoms with van der Waals surface area (Å²) in [5, 5.41) is 10.4. The van der Waals surface area contributed by atoms with E-state index in [0.29, 0.717) is 34.0 Å². The highest BCUT2D eigenvalue weighted by Gasteiger charge is 2.38. The molecular formula is C20H14ClF4N3O3. The SMILES string of the molecule is O=C(O)C(F)(F)F.O=C1NCCc2[nH]c(-c3cc(-c4ccccc4F)ncc3Cl)cc21. The fraction of sp³-hybridized carbons (Fsp3) is 0.150. The van der Waals surface area contributed by atoms with E-state index in [1.54, 1.807) is 30.3 Å². The van der Waals surface area contributed by atoms with E-state index in [1.807, 2.05) is 0 Å². The van der Waals surface area contributed by atoms with Crippen LogP contribution in [0.3, 0.4) is 0 Å². The van der Waals surface area contributed by atoms with Crippen LogP contribution in [0.2, 0.25) is 5.02 Å². The van der Waals surface area contributed by atoms with Gasteiger partial charge in [-0.25, -0.2) is 9.18 Å². The second-order valence-corrected chi connectivity index (χ2v) is 6.82. The van der Waals surface area contributed by atoms with E-state index in [9.17, 15) is 22.4 Å². The highest BCUT2D eigenvalue weighted by Crippen LogP contribution is 2.33. The van der Waals surface area contributed by atoms with Crippen molar-refractivity contribution in [1.29, 1.82) is 0 Å². The average Bonchev–Trinajstić information content (AvgIpc) is 3.14. The third-order valence-corrected chi connectivity index (χ3v) is 4.64. The quantitative estimate of drug-likeness (QED) is 0.497. The van der Waals surface area contributed by atoms with Gasteiger partial charge in [-0.3, -0.25) is 9.78 Å². The number of halogens is 5. The van der Waals surface area contributed by atoms with Gasteiger partial charge in [-0.2, -0.15) is 13.2 Å². The molecule has 162 valence electrons. The van der Waals surface area contributed by atoms with Crippen LogP contribution in [0.4, 0.5) is 17.6 Å². The van der Waals surface area contributed by atoms with Crippen molar-refractivity contribution in [3.8, 4) is 22.5 Å². The van der Waals surface area contributed by atoms with Crippen molar-refractivity contribution >= 4 is 23.5 Å². The van der Waals surface area contributed by atoms with E-state index < -0.39 is 12.1 Å². The number of pyridine rings is 1. The highest BCUT2D eigenvalue weighted by molar-refractivity contribution is 6.33. The van der Waals surface area contributed by atoms with Crippen LogP contribution in [0.25, 0.3) is 22.5 Å². The van der Waals surface area contributed by atoms with E-state index in [-0.39, 0.29) is 11.7 Å². The van der Waals surface area contributed by atoms with Crippen molar-refractivity contribution in [3.63, 3.8) is 0 Å². The van der Waals surface area contributed by atoms with Crippen molar-refractivity contribution in [2.75, 3.05) is 6.54 Å². The number of nitrogens with one attached hydrogen (secondary N) is 2. The minimum absolute atomic E-state index is 0.0988. The number of nitrogens with zero attached hydrogens (tertiary/aromatic N) is 1. The summed E-state index contributed by atoms with van der Waals surface area (Å²) in [7, 11) is 0. The van der Waals surface area contributed by atoms with Gasteiger partial charge in [0.05, 0.1) is 16.3 Å². The number of H-pyrrole nitrogens is 1. The number of rotatable bonds is 2. The molecule has 1 aliphatic heterocycles. The monoisotopic (exact) mass is 455 g/mol. The zero-order chi connectivity index (χ0) is 22.8. The van der Waals surface area contributed by atoms with Crippen LogP contribution in [0, 0.1) is 5.82 Å². The maximum Gasteiger partial charge on any atom is 0.490 e. The molecule has 1 amide bonds. The first-order valence-corrected chi connectivity index (χ1v) is 9.16. The highest BCUT2D eigenvalue weighted by atomic mass is 35.5. The summed E-state index contributed by atoms with van der Waals surface area (Å²) >= 11 is 6.28. The molecule has 1 aliphatic rings. The number of aromatic nitrogens is 2. The Balaban J connectivity index is 0.000000339. The molecule has 0 aliphatic carbocycles. The first kappa shape index (κ1) is 22.3. The van der Waals surface area contributed by atoms with Crippen LogP contribution in [-0.2, 0) is 11.2 Å². The van der Waals surface area contributed by atoms with Crippen molar-refractivity contribution in [1.82, 2.24) is 15.3 Å². The molecule has 0 atom stereocenters. The number of benzene rings is 1. The predicted octanol–water partition coefficient (Wildman–Crippen LogP) is 4.46. The number of alkyl halides is 3. The molecule has 2 aromatic heterocycles. The van der Waals surface area contributed by atoms with E-state index in [1.165, 1.54) is 12.3 Å². The molecule has 0 saturated carbocycles. The number of carbonyl (C=O) groups is 2. The lowest BCUT2D eigenvalue weighted by Gasteiger charge is -2.11. The van der Waals surface area contributed by atoms with Gasteiger partial charge in [-0.05, 0) is 24.3 Å². The van der Waals surface area contributed by atoms with Gasteiger partial charge in [0.2, 0.25) is 0 Å². The van der Waals surface area contributed by atoms with Gasteiger partial charge in [-0.15, -0.1) is 0 Å². The van der Waals surface area contributed by atoms with Gasteiger partial charge >= 0.3 is 12.1 Å². The standard InChI is InChI=1S/C18H13ClFN3O.C2HF3O2/c19-13-9-22-16(10-3-1-2-4-14(10)20)7-11(13)17-8-12-15(23-17)5-6-21-18(12)24;3-2(4,5)1(6)7/h1-4,7-9,23H,5-6H2,(H,21,24);(H,6,7). The summed E-state index contributed by atoms with van der Waals surface area (Å²) in [5.74, 6) is -3.20. The van der Waals surface area contributed by atoms with Gasteiger partial charge in [0.1, 0.15) is 5.82 Å². The summed E-state index contributed by atoms with van der Waals surface area (Å²) in [6.45, 7) is 0.607. The molecule has 0 unspecified atom stereocenters. The molecule has 0 spiro atoms. The molecule has 6 nitrogen and oxygen atoms in total. The van der Waals surface area contributed by atoms with Crippen LogP contribution in [0.15, 0.2) is 42.6 Å². The summed E-state index contributed by atoms with van der Waals surface area (Å²) in [5.41, 5.74) is 3.81. The van der Waals surface area contributed by atoms with Crippen LogP contribution in [0.5, 0.6) is 0 Å². The number of carboxylic acids is 1. The molecule has 0 radical (unpaired) electrons. The van der Waals surface area contributed by atoms with Crippen molar-refractivity contribution < 1.29 is 32.3 Å². The van der Waals surface area contributed by atoms with Crippen molar-refractivity contribution in [2.45, 2.75) is 12.6 Å². The molecule has 3 heterocycles. The predicted molar refractivity (Wildman–Crippen MR) is 104 cm³/mol. The smallest absolute Gasteiger partial charge is 0.475 e. The maximum atomic E-state index is 14.0. The maximum absolute atomic E-state index is 14.0. The number of carbonyl (C=O) groups excluding carboxylic acids is 1. The molecule has 1 aromatic carbocycles. The fourth-order valence-corrected chi connectivity index (χ4v) is 3.11. The zero-order valence-electron chi connectivity index (χ0n) is 15.6. The lowest BCUT2D eigenvalue weighted by atomic mass is 10.1. The molecule has 3 N–H and O–H groups in total. The zero-order valence-corrected chi connectivity index (χ0v) is 16.3. The number of hydrogen-bond donors (Lipinski definition) is 3. The first-order chi connectivity index (χ1) is 14.6. The first-order valence-electron chi connectivity index (χ1n) is 8.79. The van der Waals surface area contributed by atoms with Crippen LogP contribution in [0.1, 0.15) is 16.1 Å². The Morgan fingerprint density at radius 1 is 1.13 bits per heavy atom. The summed E-state index contributed by atoms with van der Waals surface area (Å²) in [6.07, 6.45) is -2.84. The summed E-state index contributed by atoms with van der Waals surface area (Å²) in [6, 6.07) is 9.96. The van der Waals surface area contributed by atoms with Gasteiger partial charge in [0.15, 0.2) is 0 Å². The van der Waals surface area contributed by atoms with Crippen LogP contribution >= 0.6 is 11.6 Å². The number of hydrogen-bond acceptors (Lipinski definition) is 3. The molecule has 11 heteroatoms. The third-order valence-electron chi connectivity index (χ3n) is 4.34. The topological polar surface area (TPSA) is 95.1 Å². The van der Waals surface area contributed by atoms with E-state index in [2.05, 4.69) is 15.3 Å². The fourth-order valence-electron chi connectivity index (χ4n) is 2.90. The molecule has 0 bridgehead atoms. The Morgan fingerprint density at radius 3 is 2.42 bits per heavy atom. The molecule has 3 aromatic rings. The Kier molecular flexibility index (Phi) is 6.30. The second kappa shape index (κ2) is 8.76. The molecular weight excluding hydrogens is 442 g/mol. The van der Waals surface area contributed by atoms with Crippen molar-refractivity contribution in [2.24, 2.45) is 0 Å². The largest absolute Gasteiger partial charge is 0.490 e. The normalized spacial score (nSPS) is 13.0. The number of fused-ring (bicyclic) bond motifs is 1. The van der Waals surface area contributed by atoms with E-state index in [0.717, 1.165) is 17.8 Å². The number of aromatic amines is 1. The Hall–Kier alpha value is -3.40. The number of carboxylic acid groups (broad SMARTS) is 1. The third kappa shape index (κ3) is 5.02. The van der Waals surface area contributed by atoms with Crippen LogP contribution < -0.4 is 5.32 Å². The lowest BCUT2D eigenvalue weighted by Crippen LogP contribution is -2.31. The van der Waals surface area contributed by atoms with E-state index >= 15 is 0 Å². The minimum Gasteiger partial charge on any atom is -0.475 e. The Labute approximate surface area is 177 Å². The van der Waals surface area contributed by atoms with Crippen LogP contribution in [-0.4, -0.2) is 39.7 Å².